The van der Waals surface area contributed by atoms with Crippen molar-refractivity contribution in [3.05, 3.63) is 68.8 Å². The van der Waals surface area contributed by atoms with Crippen molar-refractivity contribution in [2.75, 3.05) is 4.90 Å². The van der Waals surface area contributed by atoms with E-state index in [9.17, 15) is 4.79 Å². The van der Waals surface area contributed by atoms with Crippen molar-refractivity contribution < 1.29 is 4.79 Å². The Kier molecular flexibility index (Phi) is 4.40. The van der Waals surface area contributed by atoms with Gasteiger partial charge in [0.1, 0.15) is 0 Å². The Labute approximate surface area is 144 Å². The molecule has 0 aromatic heterocycles. The molecule has 1 aliphatic heterocycles. The minimum absolute atomic E-state index is 0.123. The zero-order chi connectivity index (χ0) is 14.8. The number of carbonyl (C=O) groups excluding carboxylic acids is 1. The first kappa shape index (κ1) is 14.7. The third-order valence-corrected chi connectivity index (χ3v) is 8.82. The molecule has 0 unspecified atom stereocenters. The molecular weight excluding hydrogens is 518 g/mol. The summed E-state index contributed by atoms with van der Waals surface area (Å²) < 4.78 is 4.83. The standard InChI is InChI=1S/C17H12BrNO.Tl/c1-3-13-6-5-7-16(12-13)19(17(20)4-2)15-10-8-14(18)9-11-15;/h1,3-5,7-12H,2H2;. The van der Waals surface area contributed by atoms with Gasteiger partial charge in [0.25, 0.3) is 0 Å². The normalized spacial score (nSPS) is 11.3. The van der Waals surface area contributed by atoms with Crippen LogP contribution in [0.25, 0.3) is 6.08 Å². The molecule has 0 N–H and O–H groups in total. The number of hydrogen-bond donors (Lipinski definition) is 0. The second kappa shape index (κ2) is 6.27. The number of nitrogens with zero attached hydrogens (tertiary/aromatic N) is 1. The van der Waals surface area contributed by atoms with Crippen LogP contribution in [0.15, 0.2) is 63.2 Å². The van der Waals surface area contributed by atoms with E-state index in [0.717, 1.165) is 15.8 Å². The van der Waals surface area contributed by atoms with E-state index in [4.69, 9.17) is 0 Å². The van der Waals surface area contributed by atoms with Crippen molar-refractivity contribution >= 4 is 66.6 Å². The number of benzene rings is 2. The molecule has 0 fully saturated rings. The number of carbonyl (C=O) groups is 1. The van der Waals surface area contributed by atoms with E-state index in [-0.39, 0.29) is 5.91 Å². The van der Waals surface area contributed by atoms with E-state index < -0.39 is 24.2 Å². The molecule has 0 bridgehead atoms. The van der Waals surface area contributed by atoms with Gasteiger partial charge in [0.15, 0.2) is 0 Å². The van der Waals surface area contributed by atoms with Crippen LogP contribution in [0, 0.1) is 0 Å². The molecule has 0 saturated carbocycles. The van der Waals surface area contributed by atoms with Gasteiger partial charge < -0.3 is 0 Å². The molecule has 21 heavy (non-hydrogen) atoms. The summed E-state index contributed by atoms with van der Waals surface area (Å²) in [6.07, 6.45) is 3.54. The maximum atomic E-state index is 12.3. The summed E-state index contributed by atoms with van der Waals surface area (Å²) in [7, 11) is 0. The first-order valence-electron chi connectivity index (χ1n) is 6.56. The Morgan fingerprint density at radius 1 is 1.14 bits per heavy atom. The average molecular weight is 531 g/mol. The molecule has 101 valence electrons. The number of fused-ring (bicyclic) bond motifs is 1. The summed E-state index contributed by atoms with van der Waals surface area (Å²) in [4.78, 5) is 14.0. The SMILES string of the molecule is C=CC(=O)N(c1ccc(Br)cc1)c1cc[c]2c(c1)C=[CH][Tl]2. The van der Waals surface area contributed by atoms with Crippen molar-refractivity contribution in [3.8, 4) is 0 Å². The molecule has 1 heterocycles. The van der Waals surface area contributed by atoms with E-state index in [1.54, 1.807) is 4.90 Å². The van der Waals surface area contributed by atoms with Gasteiger partial charge in [-0.3, -0.25) is 0 Å². The second-order valence-electron chi connectivity index (χ2n) is 4.69. The minimum atomic E-state index is -0.859. The van der Waals surface area contributed by atoms with Crippen molar-refractivity contribution in [1.29, 1.82) is 0 Å². The van der Waals surface area contributed by atoms with Gasteiger partial charge in [-0.25, -0.2) is 0 Å². The summed E-state index contributed by atoms with van der Waals surface area (Å²) in [6.45, 7) is 3.62. The third-order valence-electron chi connectivity index (χ3n) is 3.36. The predicted molar refractivity (Wildman–Crippen MR) is 92.3 cm³/mol. The fourth-order valence-corrected chi connectivity index (χ4v) is 6.84. The van der Waals surface area contributed by atoms with Crippen LogP contribution in [-0.4, -0.2) is 30.1 Å². The molecule has 0 radical (unpaired) electrons. The summed E-state index contributed by atoms with van der Waals surface area (Å²) >= 11 is 2.56. The van der Waals surface area contributed by atoms with Crippen LogP contribution in [0.5, 0.6) is 0 Å². The second-order valence-corrected chi connectivity index (χ2v) is 10.8. The molecule has 0 aliphatic carbocycles. The van der Waals surface area contributed by atoms with Gasteiger partial charge in [-0.2, -0.15) is 0 Å². The quantitative estimate of drug-likeness (QED) is 0.439. The van der Waals surface area contributed by atoms with E-state index in [1.807, 2.05) is 30.3 Å². The molecule has 2 aromatic rings. The Morgan fingerprint density at radius 3 is 2.57 bits per heavy atom. The van der Waals surface area contributed by atoms with Gasteiger partial charge >= 0.3 is 145 Å². The Hall–Kier alpha value is -1.21. The van der Waals surface area contributed by atoms with E-state index in [0.29, 0.717) is 0 Å². The number of anilines is 2. The van der Waals surface area contributed by atoms with Gasteiger partial charge in [-0.1, -0.05) is 0 Å². The van der Waals surface area contributed by atoms with Gasteiger partial charge in [0.05, 0.1) is 0 Å². The summed E-state index contributed by atoms with van der Waals surface area (Å²) in [5.74, 6) is -0.123. The van der Waals surface area contributed by atoms with Gasteiger partial charge in [-0.05, 0) is 0 Å². The van der Waals surface area contributed by atoms with E-state index in [1.165, 1.54) is 14.8 Å². The average Bonchev–Trinajstić information content (AvgIpc) is 2.97. The first-order chi connectivity index (χ1) is 10.2. The van der Waals surface area contributed by atoms with Crippen molar-refractivity contribution in [1.82, 2.24) is 0 Å². The van der Waals surface area contributed by atoms with Crippen molar-refractivity contribution in [2.24, 2.45) is 0 Å². The van der Waals surface area contributed by atoms with Crippen LogP contribution in [0.4, 0.5) is 11.4 Å². The summed E-state index contributed by atoms with van der Waals surface area (Å²) in [5.41, 5.74) is 2.99. The van der Waals surface area contributed by atoms with Crippen molar-refractivity contribution in [2.45, 2.75) is 0 Å². The fourth-order valence-electron chi connectivity index (χ4n) is 2.34. The monoisotopic (exact) mass is 530 g/mol. The van der Waals surface area contributed by atoms with Gasteiger partial charge in [0, 0.05) is 0 Å². The summed E-state index contributed by atoms with van der Waals surface area (Å²) in [5, 5.41) is 0. The molecular formula is C17H12BrNOTl. The fraction of sp³-hybridized carbons (Fsp3) is 0. The van der Waals surface area contributed by atoms with Crippen LogP contribution in [-0.2, 0) is 4.79 Å². The number of rotatable bonds is 3. The van der Waals surface area contributed by atoms with Crippen LogP contribution in [0.2, 0.25) is 0 Å². The summed E-state index contributed by atoms with van der Waals surface area (Å²) in [6, 6.07) is 14.0. The predicted octanol–water partition coefficient (Wildman–Crippen LogP) is 3.61. The number of halogens is 1. The van der Waals surface area contributed by atoms with Crippen LogP contribution in [0.1, 0.15) is 5.56 Å². The van der Waals surface area contributed by atoms with Crippen LogP contribution < -0.4 is 8.02 Å². The number of hydrogen-bond acceptors (Lipinski definition) is 1. The molecule has 4 heteroatoms. The molecule has 0 spiro atoms. The van der Waals surface area contributed by atoms with E-state index in [2.05, 4.69) is 44.4 Å². The molecule has 2 nitrogen and oxygen atoms in total. The number of amides is 1. The zero-order valence-electron chi connectivity index (χ0n) is 11.3. The zero-order valence-corrected chi connectivity index (χ0v) is 17.4. The molecule has 3 rings (SSSR count). The molecule has 1 amide bonds. The first-order valence-corrected chi connectivity index (χ1v) is 12.2. The molecule has 1 aliphatic rings. The Balaban J connectivity index is 2.07. The topological polar surface area (TPSA) is 20.3 Å². The molecule has 0 saturated heterocycles. The van der Waals surface area contributed by atoms with Crippen LogP contribution >= 0.6 is 15.9 Å². The third kappa shape index (κ3) is 3.03. The van der Waals surface area contributed by atoms with Crippen LogP contribution in [0.3, 0.4) is 0 Å². The van der Waals surface area contributed by atoms with Gasteiger partial charge in [0.2, 0.25) is 0 Å². The molecule has 0 atom stereocenters. The van der Waals surface area contributed by atoms with Crippen molar-refractivity contribution in [3.63, 3.8) is 0 Å². The maximum absolute atomic E-state index is 12.3. The van der Waals surface area contributed by atoms with E-state index >= 15 is 0 Å². The van der Waals surface area contributed by atoms with Gasteiger partial charge in [-0.15, -0.1) is 0 Å². The Morgan fingerprint density at radius 2 is 1.86 bits per heavy atom. The Bertz CT molecular complexity index is 737. The molecule has 2 aromatic carbocycles.